The van der Waals surface area contributed by atoms with Crippen LogP contribution in [0.25, 0.3) is 11.1 Å². The summed E-state index contributed by atoms with van der Waals surface area (Å²) in [7, 11) is -6.09. The molecule has 0 radical (unpaired) electrons. The van der Waals surface area contributed by atoms with Crippen LogP contribution in [0.15, 0.2) is 41.7 Å². The Morgan fingerprint density at radius 3 is 2.49 bits per heavy atom. The summed E-state index contributed by atoms with van der Waals surface area (Å²) < 4.78 is 84.0. The molecule has 1 fully saturated rings. The van der Waals surface area contributed by atoms with E-state index >= 15 is 0 Å². The first-order chi connectivity index (χ1) is 20.1. The predicted octanol–water partition coefficient (Wildman–Crippen LogP) is 1.40. The van der Waals surface area contributed by atoms with Crippen LogP contribution >= 0.6 is 0 Å². The van der Waals surface area contributed by atoms with Crippen LogP contribution in [0.2, 0.25) is 0 Å². The molecule has 0 spiro atoms. The van der Waals surface area contributed by atoms with Gasteiger partial charge in [-0.1, -0.05) is 11.2 Å². The number of alkyl halides is 3. The Hall–Kier alpha value is -4.36. The molecule has 3 heterocycles. The zero-order valence-corrected chi connectivity index (χ0v) is 23.0. The lowest BCUT2D eigenvalue weighted by Gasteiger charge is -2.14. The molecular formula is C24H24F4N5O9S-. The first kappa shape index (κ1) is 33.1. The van der Waals surface area contributed by atoms with Crippen molar-refractivity contribution in [1.29, 1.82) is 0 Å². The lowest BCUT2D eigenvalue weighted by atomic mass is 10.0. The highest BCUT2D eigenvalue weighted by molar-refractivity contribution is 7.86. The molecule has 2 atom stereocenters. The summed E-state index contributed by atoms with van der Waals surface area (Å²) in [5.41, 5.74) is 1.91. The zero-order valence-electron chi connectivity index (χ0n) is 22.2. The van der Waals surface area contributed by atoms with E-state index in [0.29, 0.717) is 34.6 Å². The summed E-state index contributed by atoms with van der Waals surface area (Å²) in [4.78, 5) is 45.4. The lowest BCUT2D eigenvalue weighted by molar-refractivity contribution is -0.145. The average Bonchev–Trinajstić information content (AvgIpc) is 3.56. The molecule has 2 amide bonds. The van der Waals surface area contributed by atoms with Crippen molar-refractivity contribution in [3.63, 3.8) is 0 Å². The number of amides is 2. The number of benzene rings is 1. The molecule has 1 saturated heterocycles. The third kappa shape index (κ3) is 9.06. The highest BCUT2D eigenvalue weighted by atomic mass is 32.2. The Kier molecular flexibility index (Phi) is 10.6. The standard InChI is InChI=1S/C23H24FN5O6.CHF3O3S/c1-13(30)26-10-17-11-29(23(32)34-17)15-3-4-18(19(24)6-15)14-2-5-20(27-9-14)21-7-16(35-28-21)12-33-22(31)8-25;2-1(3,4)8(5,6)7/h2-6,9,16-17H,7-8,10-12,25H2,1H3,(H,26,30);(H,5,6,7)/p-1/t16?,17-;/m0./s1. The van der Waals surface area contributed by atoms with E-state index in [9.17, 15) is 31.9 Å². The number of rotatable bonds is 8. The highest BCUT2D eigenvalue weighted by Gasteiger charge is 2.37. The second-order valence-electron chi connectivity index (χ2n) is 8.91. The van der Waals surface area contributed by atoms with Gasteiger partial charge in [-0.15, -0.1) is 0 Å². The first-order valence-electron chi connectivity index (χ1n) is 12.2. The van der Waals surface area contributed by atoms with E-state index < -0.39 is 45.7 Å². The number of pyridine rings is 1. The number of nitrogens with one attached hydrogen (secondary N) is 1. The van der Waals surface area contributed by atoms with Crippen LogP contribution in [0.5, 0.6) is 0 Å². The quantitative estimate of drug-likeness (QED) is 0.184. The van der Waals surface area contributed by atoms with Crippen LogP contribution in [0.4, 0.5) is 28.0 Å². The van der Waals surface area contributed by atoms with Gasteiger partial charge in [0.2, 0.25) is 5.91 Å². The normalized spacial score (nSPS) is 18.2. The molecule has 2 aliphatic rings. The number of aromatic nitrogens is 1. The van der Waals surface area contributed by atoms with Crippen LogP contribution in [0.3, 0.4) is 0 Å². The minimum absolute atomic E-state index is 0.0389. The minimum Gasteiger partial charge on any atom is -0.741 e. The summed E-state index contributed by atoms with van der Waals surface area (Å²) in [5, 5.41) is 6.59. The van der Waals surface area contributed by atoms with E-state index in [0.717, 1.165) is 0 Å². The predicted molar refractivity (Wildman–Crippen MR) is 138 cm³/mol. The van der Waals surface area contributed by atoms with Crippen LogP contribution in [-0.2, 0) is 34.0 Å². The zero-order chi connectivity index (χ0) is 31.9. The summed E-state index contributed by atoms with van der Waals surface area (Å²) >= 11 is 0. The molecule has 1 aromatic carbocycles. The van der Waals surface area contributed by atoms with Gasteiger partial charge in [0.1, 0.15) is 24.2 Å². The van der Waals surface area contributed by atoms with Crippen molar-refractivity contribution in [2.24, 2.45) is 10.9 Å². The summed E-state index contributed by atoms with van der Waals surface area (Å²) in [6.07, 6.45) is 0.393. The summed E-state index contributed by atoms with van der Waals surface area (Å²) in [5.74, 6) is -1.28. The highest BCUT2D eigenvalue weighted by Crippen LogP contribution is 2.29. The maximum absolute atomic E-state index is 14.9. The second-order valence-corrected chi connectivity index (χ2v) is 10.3. The molecule has 4 rings (SSSR count). The molecule has 0 saturated carbocycles. The van der Waals surface area contributed by atoms with Crippen molar-refractivity contribution in [1.82, 2.24) is 10.3 Å². The summed E-state index contributed by atoms with van der Waals surface area (Å²) in [6, 6.07) is 7.85. The van der Waals surface area contributed by atoms with Gasteiger partial charge in [0, 0.05) is 30.7 Å². The fraction of sp³-hybridized carbons (Fsp3) is 0.375. The topological polar surface area (TPSA) is 203 Å². The number of halogens is 4. The molecule has 1 aromatic heterocycles. The van der Waals surface area contributed by atoms with Crippen LogP contribution in [0.1, 0.15) is 19.0 Å². The molecule has 1 unspecified atom stereocenters. The smallest absolute Gasteiger partial charge is 0.485 e. The van der Waals surface area contributed by atoms with Crippen molar-refractivity contribution in [3.8, 4) is 11.1 Å². The van der Waals surface area contributed by atoms with Crippen LogP contribution in [0, 0.1) is 5.82 Å². The number of cyclic esters (lactones) is 1. The summed E-state index contributed by atoms with van der Waals surface area (Å²) in [6.45, 7) is 1.59. The van der Waals surface area contributed by atoms with Gasteiger partial charge in [0.25, 0.3) is 0 Å². The van der Waals surface area contributed by atoms with Crippen LogP contribution in [-0.4, -0.2) is 85.6 Å². The van der Waals surface area contributed by atoms with Gasteiger partial charge < -0.3 is 29.9 Å². The van der Waals surface area contributed by atoms with E-state index in [1.807, 2.05) is 0 Å². The fourth-order valence-electron chi connectivity index (χ4n) is 3.64. The maximum Gasteiger partial charge on any atom is 0.485 e. The van der Waals surface area contributed by atoms with Gasteiger partial charge >= 0.3 is 17.6 Å². The molecule has 2 aromatic rings. The van der Waals surface area contributed by atoms with Crippen molar-refractivity contribution in [2.75, 3.05) is 31.1 Å². The maximum atomic E-state index is 14.9. The number of nitrogens with zero attached hydrogens (tertiary/aromatic N) is 3. The van der Waals surface area contributed by atoms with E-state index in [2.05, 4.69) is 15.5 Å². The minimum atomic E-state index is -6.09. The first-order valence-corrected chi connectivity index (χ1v) is 13.6. The van der Waals surface area contributed by atoms with Gasteiger partial charge in [0.05, 0.1) is 31.0 Å². The van der Waals surface area contributed by atoms with Gasteiger partial charge in [-0.05, 0) is 24.3 Å². The van der Waals surface area contributed by atoms with Crippen molar-refractivity contribution >= 4 is 39.5 Å². The number of anilines is 1. The molecule has 234 valence electrons. The number of hydrogen-bond acceptors (Lipinski definition) is 12. The number of hydrogen-bond donors (Lipinski definition) is 2. The molecule has 19 heteroatoms. The largest absolute Gasteiger partial charge is 0.741 e. The molecule has 0 bridgehead atoms. The average molecular weight is 635 g/mol. The fourth-order valence-corrected chi connectivity index (χ4v) is 3.64. The molecular weight excluding hydrogens is 610 g/mol. The monoisotopic (exact) mass is 634 g/mol. The SMILES string of the molecule is CC(=O)NC[C@H]1CN(c2ccc(-c3ccc(C4=NOC(COC(=O)CN)C4)nc3)c(F)c2)C(=O)O1.O=S(=O)([O-])C(F)(F)F. The van der Waals surface area contributed by atoms with Crippen molar-refractivity contribution < 1.29 is 59.2 Å². The number of carbonyl (C=O) groups excluding carboxylic acids is 3. The van der Waals surface area contributed by atoms with Gasteiger partial charge in [-0.2, -0.15) is 13.2 Å². The van der Waals surface area contributed by atoms with Crippen molar-refractivity contribution in [3.05, 3.63) is 48.0 Å². The Morgan fingerprint density at radius 1 is 1.23 bits per heavy atom. The van der Waals surface area contributed by atoms with Gasteiger partial charge in [-0.25, -0.2) is 17.6 Å². The van der Waals surface area contributed by atoms with E-state index in [1.54, 1.807) is 24.3 Å². The Bertz CT molecular complexity index is 1490. The number of carbonyl (C=O) groups is 3. The van der Waals surface area contributed by atoms with E-state index in [1.165, 1.54) is 24.1 Å². The molecule has 43 heavy (non-hydrogen) atoms. The van der Waals surface area contributed by atoms with Gasteiger partial charge in [0.15, 0.2) is 16.2 Å². The van der Waals surface area contributed by atoms with Gasteiger partial charge in [-0.3, -0.25) is 19.5 Å². The second kappa shape index (κ2) is 13.7. The number of esters is 1. The number of nitrogens with two attached hydrogens (primary N) is 1. The lowest BCUT2D eigenvalue weighted by Crippen LogP contribution is -2.33. The Morgan fingerprint density at radius 2 is 1.93 bits per heavy atom. The molecule has 3 N–H and O–H groups in total. The third-order valence-corrected chi connectivity index (χ3v) is 6.27. The Labute approximate surface area is 241 Å². The molecule has 14 nitrogen and oxygen atoms in total. The van der Waals surface area contributed by atoms with E-state index in [4.69, 9.17) is 33.0 Å². The van der Waals surface area contributed by atoms with E-state index in [-0.39, 0.29) is 32.1 Å². The van der Waals surface area contributed by atoms with Crippen molar-refractivity contribution in [2.45, 2.75) is 31.1 Å². The number of ether oxygens (including phenoxy) is 2. The molecule has 0 aliphatic carbocycles. The van der Waals surface area contributed by atoms with Crippen LogP contribution < -0.4 is 16.0 Å². The Balaban J connectivity index is 0.000000557. The third-order valence-electron chi connectivity index (χ3n) is 5.70. The number of oxime groups is 1. The molecule has 2 aliphatic heterocycles.